The van der Waals surface area contributed by atoms with Crippen LogP contribution in [0.1, 0.15) is 27.7 Å². The van der Waals surface area contributed by atoms with Gasteiger partial charge >= 0.3 is 0 Å². The molecule has 0 saturated carbocycles. The molecule has 0 bridgehead atoms. The van der Waals surface area contributed by atoms with Gasteiger partial charge in [0.05, 0.1) is 0 Å². The molecule has 106 valence electrons. The van der Waals surface area contributed by atoms with Gasteiger partial charge in [0.2, 0.25) is 5.91 Å². The molecule has 1 unspecified atom stereocenters. The van der Waals surface area contributed by atoms with Gasteiger partial charge in [0.25, 0.3) is 0 Å². The van der Waals surface area contributed by atoms with Crippen molar-refractivity contribution in [1.29, 1.82) is 0 Å². The molecule has 1 atom stereocenters. The summed E-state index contributed by atoms with van der Waals surface area (Å²) in [5.74, 6) is 0.989. The summed E-state index contributed by atoms with van der Waals surface area (Å²) in [6.07, 6.45) is 0. The molecule has 0 aliphatic carbocycles. The van der Waals surface area contributed by atoms with Crippen molar-refractivity contribution in [2.45, 2.75) is 38.6 Å². The number of carbonyl (C=O) groups excluding carboxylic acids is 1. The van der Waals surface area contributed by atoms with Crippen LogP contribution in [0.3, 0.4) is 0 Å². The Labute approximate surface area is 120 Å². The first-order chi connectivity index (χ1) is 8.82. The van der Waals surface area contributed by atoms with Crippen molar-refractivity contribution in [2.75, 3.05) is 18.1 Å². The lowest BCUT2D eigenvalue weighted by atomic mass is 9.88. The Kier molecular flexibility index (Phi) is 5.88. The second-order valence-corrected chi connectivity index (χ2v) is 6.82. The van der Waals surface area contributed by atoms with Crippen LogP contribution in [0.5, 0.6) is 0 Å². The Bertz CT molecular complexity index is 409. The predicted molar refractivity (Wildman–Crippen MR) is 83.8 cm³/mol. The van der Waals surface area contributed by atoms with E-state index in [2.05, 4.69) is 31.4 Å². The number of rotatable bonds is 5. The highest BCUT2D eigenvalue weighted by Gasteiger charge is 2.22. The van der Waals surface area contributed by atoms with Crippen molar-refractivity contribution < 1.29 is 4.79 Å². The molecule has 1 aromatic carbocycles. The van der Waals surface area contributed by atoms with Crippen LogP contribution in [-0.2, 0) is 4.79 Å². The summed E-state index contributed by atoms with van der Waals surface area (Å²) >= 11 is 1.83. The Hall–Kier alpha value is -1.00. The lowest BCUT2D eigenvalue weighted by Gasteiger charge is -2.30. The van der Waals surface area contributed by atoms with Crippen LogP contribution < -0.4 is 10.6 Å². The van der Waals surface area contributed by atoms with Crippen molar-refractivity contribution in [3.8, 4) is 0 Å². The average Bonchev–Trinajstić information content (AvgIpc) is 2.29. The fourth-order valence-corrected chi connectivity index (χ4v) is 3.14. The third-order valence-electron chi connectivity index (χ3n) is 2.99. The molecule has 0 saturated heterocycles. The van der Waals surface area contributed by atoms with E-state index in [0.29, 0.717) is 6.04 Å². The Morgan fingerprint density at radius 1 is 1.26 bits per heavy atom. The van der Waals surface area contributed by atoms with Gasteiger partial charge < -0.3 is 10.6 Å². The molecule has 0 fully saturated rings. The van der Waals surface area contributed by atoms with E-state index in [4.69, 9.17) is 0 Å². The molecule has 19 heavy (non-hydrogen) atoms. The highest BCUT2D eigenvalue weighted by Crippen LogP contribution is 2.27. The number of thioether (sulfide) groups is 1. The molecule has 2 N–H and O–H groups in total. The summed E-state index contributed by atoms with van der Waals surface area (Å²) < 4.78 is 0. The highest BCUT2D eigenvalue weighted by atomic mass is 32.2. The predicted octanol–water partition coefficient (Wildman–Crippen LogP) is 3.37. The minimum absolute atomic E-state index is 0.0385. The minimum Gasteiger partial charge on any atom is -0.326 e. The summed E-state index contributed by atoms with van der Waals surface area (Å²) in [6, 6.07) is 8.44. The van der Waals surface area contributed by atoms with Gasteiger partial charge in [-0.3, -0.25) is 4.79 Å². The van der Waals surface area contributed by atoms with Gasteiger partial charge in [-0.2, -0.15) is 0 Å². The van der Waals surface area contributed by atoms with E-state index >= 15 is 0 Å². The van der Waals surface area contributed by atoms with Gasteiger partial charge in [-0.1, -0.05) is 20.8 Å². The average molecular weight is 280 g/mol. The van der Waals surface area contributed by atoms with Crippen molar-refractivity contribution in [3.05, 3.63) is 24.3 Å². The van der Waals surface area contributed by atoms with Crippen LogP contribution in [0.25, 0.3) is 0 Å². The molecular formula is C15H24N2OS. The molecule has 3 nitrogen and oxygen atoms in total. The molecular weight excluding hydrogens is 256 g/mol. The monoisotopic (exact) mass is 280 g/mol. The van der Waals surface area contributed by atoms with E-state index in [0.717, 1.165) is 11.4 Å². The van der Waals surface area contributed by atoms with Gasteiger partial charge in [0.1, 0.15) is 0 Å². The zero-order valence-electron chi connectivity index (χ0n) is 12.4. The zero-order chi connectivity index (χ0) is 14.5. The lowest BCUT2D eigenvalue weighted by Crippen LogP contribution is -2.40. The van der Waals surface area contributed by atoms with Crippen LogP contribution >= 0.6 is 11.8 Å². The molecule has 0 aromatic heterocycles. The molecule has 4 heteroatoms. The second-order valence-electron chi connectivity index (χ2n) is 5.72. The molecule has 1 aromatic rings. The first kappa shape index (κ1) is 16.1. The summed E-state index contributed by atoms with van der Waals surface area (Å²) in [5, 5.41) is 6.14. The number of benzene rings is 1. The third kappa shape index (κ3) is 5.66. The number of hydrogen-bond donors (Lipinski definition) is 2. The van der Waals surface area contributed by atoms with Crippen molar-refractivity contribution >= 4 is 23.4 Å². The van der Waals surface area contributed by atoms with Crippen LogP contribution in [-0.4, -0.2) is 24.7 Å². The van der Waals surface area contributed by atoms with Gasteiger partial charge in [0, 0.05) is 29.3 Å². The number of carbonyl (C=O) groups is 1. The first-order valence-electron chi connectivity index (χ1n) is 6.50. The van der Waals surface area contributed by atoms with Gasteiger partial charge in [-0.05, 0) is 36.7 Å². The minimum atomic E-state index is -0.0385. The molecule has 1 rings (SSSR count). The number of anilines is 1. The molecule has 1 amide bonds. The van der Waals surface area contributed by atoms with E-state index in [1.54, 1.807) is 0 Å². The lowest BCUT2D eigenvalue weighted by molar-refractivity contribution is -0.114. The van der Waals surface area contributed by atoms with Gasteiger partial charge in [-0.25, -0.2) is 0 Å². The summed E-state index contributed by atoms with van der Waals surface area (Å²) in [7, 11) is 2.01. The Balaban J connectivity index is 2.56. The molecule has 0 heterocycles. The van der Waals surface area contributed by atoms with Crippen molar-refractivity contribution in [2.24, 2.45) is 5.41 Å². The summed E-state index contributed by atoms with van der Waals surface area (Å²) in [5.41, 5.74) is 1.09. The van der Waals surface area contributed by atoms with Gasteiger partial charge in [0.15, 0.2) is 0 Å². The molecule has 0 aliphatic heterocycles. The van der Waals surface area contributed by atoms with E-state index in [-0.39, 0.29) is 11.3 Å². The van der Waals surface area contributed by atoms with Crippen LogP contribution in [0.2, 0.25) is 0 Å². The smallest absolute Gasteiger partial charge is 0.221 e. The van der Waals surface area contributed by atoms with Crippen molar-refractivity contribution in [3.63, 3.8) is 0 Å². The van der Waals surface area contributed by atoms with Crippen LogP contribution in [0, 0.1) is 5.41 Å². The van der Waals surface area contributed by atoms with E-state index in [1.165, 1.54) is 11.8 Å². The largest absolute Gasteiger partial charge is 0.326 e. The summed E-state index contributed by atoms with van der Waals surface area (Å²) in [6.45, 7) is 8.25. The second kappa shape index (κ2) is 6.96. The third-order valence-corrected chi connectivity index (χ3v) is 4.09. The normalized spacial score (nSPS) is 13.1. The van der Waals surface area contributed by atoms with Crippen LogP contribution in [0.15, 0.2) is 29.2 Å². The maximum Gasteiger partial charge on any atom is 0.221 e. The summed E-state index contributed by atoms with van der Waals surface area (Å²) in [4.78, 5) is 12.2. The van der Waals surface area contributed by atoms with E-state index in [9.17, 15) is 4.79 Å². The standard InChI is InChI=1S/C15H24N2OS/c1-11(18)17-12-6-8-13(9-7-12)19-10-14(16-5)15(2,3)4/h6-9,14,16H,10H2,1-5H3,(H,17,18). The zero-order valence-corrected chi connectivity index (χ0v) is 13.2. The molecule has 0 radical (unpaired) electrons. The maximum absolute atomic E-state index is 10.9. The Morgan fingerprint density at radius 3 is 2.26 bits per heavy atom. The topological polar surface area (TPSA) is 41.1 Å². The highest BCUT2D eigenvalue weighted by molar-refractivity contribution is 7.99. The van der Waals surface area contributed by atoms with Crippen LogP contribution in [0.4, 0.5) is 5.69 Å². The van der Waals surface area contributed by atoms with Gasteiger partial charge in [-0.15, -0.1) is 11.8 Å². The fraction of sp³-hybridized carbons (Fsp3) is 0.533. The van der Waals surface area contributed by atoms with E-state index in [1.807, 2.05) is 43.1 Å². The number of hydrogen-bond acceptors (Lipinski definition) is 3. The Morgan fingerprint density at radius 2 is 1.84 bits per heavy atom. The van der Waals surface area contributed by atoms with E-state index < -0.39 is 0 Å². The number of amides is 1. The molecule has 0 spiro atoms. The number of nitrogens with one attached hydrogen (secondary N) is 2. The SMILES string of the molecule is CNC(CSc1ccc(NC(C)=O)cc1)C(C)(C)C. The first-order valence-corrected chi connectivity index (χ1v) is 7.49. The quantitative estimate of drug-likeness (QED) is 0.813. The maximum atomic E-state index is 10.9. The molecule has 0 aliphatic rings. The van der Waals surface area contributed by atoms with Crippen molar-refractivity contribution in [1.82, 2.24) is 5.32 Å². The fourth-order valence-electron chi connectivity index (χ4n) is 1.78.